The predicted molar refractivity (Wildman–Crippen MR) is 225 cm³/mol. The average molecular weight is 723 g/mol. The summed E-state index contributed by atoms with van der Waals surface area (Å²) in [5.74, 6) is 3.64. The molecule has 0 amide bonds. The van der Waals surface area contributed by atoms with Gasteiger partial charge in [-0.05, 0) is 134 Å². The summed E-state index contributed by atoms with van der Waals surface area (Å²) in [4.78, 5) is 0. The highest BCUT2D eigenvalue weighted by Gasteiger charge is 2.70. The highest BCUT2D eigenvalue weighted by atomic mass is 16.5. The molecule has 0 aromatic heterocycles. The van der Waals surface area contributed by atoms with Crippen LogP contribution in [0.2, 0.25) is 0 Å². The molecule has 0 unspecified atom stereocenters. The molecule has 5 rings (SSSR count). The van der Waals surface area contributed by atoms with Gasteiger partial charge in [-0.2, -0.15) is 0 Å². The molecule has 0 spiro atoms. The van der Waals surface area contributed by atoms with Crippen molar-refractivity contribution in [3.63, 3.8) is 0 Å². The molecule has 52 heavy (non-hydrogen) atoms. The molecule has 0 bridgehead atoms. The van der Waals surface area contributed by atoms with E-state index in [2.05, 4.69) is 55.0 Å². The minimum Gasteiger partial charge on any atom is -0.393 e. The molecule has 0 radical (unpaired) electrons. The molecule has 5 saturated carbocycles. The number of aliphatic hydroxyl groups excluding tert-OH is 1. The Hall–Kier alpha value is -0.340. The Balaban J connectivity index is 1.03. The maximum absolute atomic E-state index is 11.1. The van der Waals surface area contributed by atoms with Gasteiger partial charge in [-0.3, -0.25) is 0 Å². The molecular weight excluding hydrogens is 633 g/mol. The zero-order valence-electron chi connectivity index (χ0n) is 36.2. The second-order valence-electron chi connectivity index (χ2n) is 21.5. The van der Waals surface area contributed by atoms with Gasteiger partial charge < -0.3 is 9.84 Å². The summed E-state index contributed by atoms with van der Waals surface area (Å²) in [6.07, 6.45) is 38.7. The zero-order valence-corrected chi connectivity index (χ0v) is 36.2. The first-order chi connectivity index (χ1) is 24.9. The van der Waals surface area contributed by atoms with E-state index in [0.29, 0.717) is 33.5 Å². The molecule has 302 valence electrons. The minimum absolute atomic E-state index is 0.0353. The average Bonchev–Trinajstić information content (AvgIpc) is 3.49. The standard InChI is InChI=1S/C50H90O2/c1-9-10-11-12-13-14-15-16-17-18-19-20-21-22-23-24-25-26-37-52-38-50-34-29-40(39(2)3)45(50)41-27-28-43-47(6)32-31-44(51)46(4,5)42(47)30-33-49(43,8)48(41,7)35-36-50/h40-45,51H,2,9-38H2,1,3-8H3/t40-,41+,42-,43+,44-,45+,47-,48+,49+,50+/m0/s1. The van der Waals surface area contributed by atoms with Crippen molar-refractivity contribution in [2.45, 2.75) is 234 Å². The molecule has 0 aliphatic heterocycles. The van der Waals surface area contributed by atoms with Gasteiger partial charge in [0.1, 0.15) is 0 Å². The monoisotopic (exact) mass is 723 g/mol. The largest absolute Gasteiger partial charge is 0.393 e. The van der Waals surface area contributed by atoms with Gasteiger partial charge in [0.2, 0.25) is 0 Å². The normalized spacial score (nSPS) is 39.4. The fourth-order valence-corrected chi connectivity index (χ4v) is 14.9. The SMILES string of the molecule is C=C(C)[C@@H]1CC[C@]2(COCCCCCCCCCCCCCCCCCCCC)CC[C@]3(C)[C@H](CC[C@@H]4[C@@]5(C)CC[C@H](O)C(C)(C)[C@@H]5CC[C@]43C)[C@@H]12. The fourth-order valence-electron chi connectivity index (χ4n) is 14.9. The van der Waals surface area contributed by atoms with E-state index in [1.54, 1.807) is 0 Å². The Kier molecular flexibility index (Phi) is 15.4. The first-order valence-corrected chi connectivity index (χ1v) is 23.8. The minimum atomic E-state index is -0.138. The number of unbranched alkanes of at least 4 members (excludes halogenated alkanes) is 17. The molecule has 0 heterocycles. The van der Waals surface area contributed by atoms with Crippen LogP contribution >= 0.6 is 0 Å². The number of ether oxygens (including phenoxy) is 1. The highest BCUT2D eigenvalue weighted by Crippen LogP contribution is 2.77. The van der Waals surface area contributed by atoms with Crippen LogP contribution in [0.5, 0.6) is 0 Å². The third-order valence-electron chi connectivity index (χ3n) is 18.3. The second-order valence-corrected chi connectivity index (χ2v) is 21.5. The summed E-state index contributed by atoms with van der Waals surface area (Å²) < 4.78 is 6.75. The van der Waals surface area contributed by atoms with Crippen molar-refractivity contribution < 1.29 is 9.84 Å². The summed E-state index contributed by atoms with van der Waals surface area (Å²) in [6, 6.07) is 0. The summed E-state index contributed by atoms with van der Waals surface area (Å²) in [5, 5.41) is 11.1. The Morgan fingerprint density at radius 2 is 1.15 bits per heavy atom. The van der Waals surface area contributed by atoms with Crippen molar-refractivity contribution in [2.24, 2.45) is 56.7 Å². The summed E-state index contributed by atoms with van der Waals surface area (Å²) in [5.41, 5.74) is 2.99. The molecule has 0 saturated heterocycles. The Bertz CT molecular complexity index is 1090. The second kappa shape index (κ2) is 18.7. The van der Waals surface area contributed by atoms with Crippen LogP contribution in [0.15, 0.2) is 12.2 Å². The number of rotatable bonds is 22. The molecule has 5 fully saturated rings. The molecular formula is C50H90O2. The molecule has 0 aromatic carbocycles. The third-order valence-corrected chi connectivity index (χ3v) is 18.3. The van der Waals surface area contributed by atoms with E-state index in [0.717, 1.165) is 37.4 Å². The lowest BCUT2D eigenvalue weighted by atomic mass is 9.32. The number of hydrogen-bond donors (Lipinski definition) is 1. The van der Waals surface area contributed by atoms with Crippen LogP contribution in [0.25, 0.3) is 0 Å². The number of hydrogen-bond acceptors (Lipinski definition) is 2. The van der Waals surface area contributed by atoms with E-state index in [1.165, 1.54) is 179 Å². The van der Waals surface area contributed by atoms with Crippen LogP contribution < -0.4 is 0 Å². The molecule has 2 heteroatoms. The van der Waals surface area contributed by atoms with E-state index in [-0.39, 0.29) is 11.5 Å². The van der Waals surface area contributed by atoms with Crippen molar-refractivity contribution in [1.82, 2.24) is 0 Å². The Labute approximate surface area is 325 Å². The quantitative estimate of drug-likeness (QED) is 0.0890. The van der Waals surface area contributed by atoms with Gasteiger partial charge in [0.25, 0.3) is 0 Å². The van der Waals surface area contributed by atoms with Gasteiger partial charge in [-0.25, -0.2) is 0 Å². The van der Waals surface area contributed by atoms with Gasteiger partial charge in [0.15, 0.2) is 0 Å². The molecule has 10 atom stereocenters. The lowest BCUT2D eigenvalue weighted by Gasteiger charge is -2.73. The number of fused-ring (bicyclic) bond motifs is 7. The van der Waals surface area contributed by atoms with Crippen LogP contribution in [0.4, 0.5) is 0 Å². The first-order valence-electron chi connectivity index (χ1n) is 23.8. The van der Waals surface area contributed by atoms with Gasteiger partial charge >= 0.3 is 0 Å². The maximum Gasteiger partial charge on any atom is 0.0594 e. The summed E-state index contributed by atoms with van der Waals surface area (Å²) >= 11 is 0. The van der Waals surface area contributed by atoms with Crippen LogP contribution in [0.3, 0.4) is 0 Å². The van der Waals surface area contributed by atoms with Crippen LogP contribution in [-0.4, -0.2) is 24.4 Å². The van der Waals surface area contributed by atoms with Crippen molar-refractivity contribution in [2.75, 3.05) is 13.2 Å². The van der Waals surface area contributed by atoms with Crippen molar-refractivity contribution in [3.05, 3.63) is 12.2 Å². The van der Waals surface area contributed by atoms with Gasteiger partial charge in [0.05, 0.1) is 12.7 Å². The number of allylic oxidation sites excluding steroid dienone is 1. The first kappa shape index (κ1) is 42.8. The molecule has 2 nitrogen and oxygen atoms in total. The van der Waals surface area contributed by atoms with Gasteiger partial charge in [-0.15, -0.1) is 0 Å². The maximum atomic E-state index is 11.1. The van der Waals surface area contributed by atoms with Crippen molar-refractivity contribution in [3.8, 4) is 0 Å². The van der Waals surface area contributed by atoms with Crippen molar-refractivity contribution in [1.29, 1.82) is 0 Å². The summed E-state index contributed by atoms with van der Waals surface area (Å²) in [7, 11) is 0. The van der Waals surface area contributed by atoms with E-state index < -0.39 is 0 Å². The molecule has 1 N–H and O–H groups in total. The molecule has 0 aromatic rings. The van der Waals surface area contributed by atoms with Crippen LogP contribution in [0.1, 0.15) is 228 Å². The van der Waals surface area contributed by atoms with E-state index in [9.17, 15) is 5.11 Å². The van der Waals surface area contributed by atoms with Crippen molar-refractivity contribution >= 4 is 0 Å². The number of aliphatic hydroxyl groups is 1. The fraction of sp³-hybridized carbons (Fsp3) is 0.960. The van der Waals surface area contributed by atoms with Gasteiger partial charge in [0, 0.05) is 6.61 Å². The zero-order chi connectivity index (χ0) is 37.5. The third kappa shape index (κ3) is 8.79. The van der Waals surface area contributed by atoms with Gasteiger partial charge in [-0.1, -0.05) is 163 Å². The highest BCUT2D eigenvalue weighted by molar-refractivity contribution is 5.21. The Morgan fingerprint density at radius 3 is 1.71 bits per heavy atom. The molecule has 5 aliphatic carbocycles. The lowest BCUT2D eigenvalue weighted by molar-refractivity contribution is -0.250. The van der Waals surface area contributed by atoms with E-state index in [4.69, 9.17) is 4.74 Å². The van der Waals surface area contributed by atoms with Crippen LogP contribution in [-0.2, 0) is 4.74 Å². The molecule has 5 aliphatic rings. The Morgan fingerprint density at radius 1 is 0.596 bits per heavy atom. The predicted octanol–water partition coefficient (Wildman–Crippen LogP) is 15.1. The topological polar surface area (TPSA) is 29.5 Å². The van der Waals surface area contributed by atoms with E-state index >= 15 is 0 Å². The van der Waals surface area contributed by atoms with E-state index in [1.807, 2.05) is 0 Å². The van der Waals surface area contributed by atoms with Crippen LogP contribution in [0, 0.1) is 56.7 Å². The smallest absolute Gasteiger partial charge is 0.0594 e. The lowest BCUT2D eigenvalue weighted by Crippen LogP contribution is -2.66. The summed E-state index contributed by atoms with van der Waals surface area (Å²) in [6.45, 7) is 24.2.